The maximum atomic E-state index is 18.2. The van der Waals surface area contributed by atoms with Gasteiger partial charge in [0.25, 0.3) is 0 Å². The van der Waals surface area contributed by atoms with Crippen LogP contribution in [0.3, 0.4) is 0 Å². The van der Waals surface area contributed by atoms with Gasteiger partial charge in [-0.15, -0.1) is 0 Å². The highest BCUT2D eigenvalue weighted by Gasteiger charge is 2.32. The van der Waals surface area contributed by atoms with Gasteiger partial charge in [-0.25, -0.2) is 18.8 Å². The fourth-order valence-corrected chi connectivity index (χ4v) is 8.82. The minimum absolute atomic E-state index is 0.141. The van der Waals surface area contributed by atoms with Crippen molar-refractivity contribution in [3.8, 4) is 66.8 Å². The average molecular weight is 861 g/mol. The molecule has 0 aromatic heterocycles. The van der Waals surface area contributed by atoms with E-state index in [9.17, 15) is 0 Å². The highest BCUT2D eigenvalue weighted by atomic mass is 19.1. The van der Waals surface area contributed by atoms with E-state index in [1.165, 1.54) is 0 Å². The van der Waals surface area contributed by atoms with Gasteiger partial charge in [-0.3, -0.25) is 0 Å². The Bertz CT molecular complexity index is 3010. The van der Waals surface area contributed by atoms with E-state index in [1.54, 1.807) is 28.5 Å². The fraction of sp³-hybridized carbons (Fsp3) is 0.0345. The lowest BCUT2D eigenvalue weighted by molar-refractivity contribution is 0.589. The van der Waals surface area contributed by atoms with E-state index in [1.807, 2.05) is 162 Å². The topological polar surface area (TPSA) is 37.7 Å². The van der Waals surface area contributed by atoms with Crippen molar-refractivity contribution in [1.29, 1.82) is 0 Å². The minimum atomic E-state index is -0.699. The van der Waals surface area contributed by atoms with E-state index in [0.29, 0.717) is 16.7 Å². The quantitative estimate of drug-likeness (QED) is 0.137. The Kier molecular flexibility index (Phi) is 10.7. The van der Waals surface area contributed by atoms with Gasteiger partial charge in [0.1, 0.15) is 26.0 Å². The molecule has 11 rings (SSSR count). The monoisotopic (exact) mass is 860 g/mol. The van der Waals surface area contributed by atoms with Crippen molar-refractivity contribution >= 4 is 35.4 Å². The van der Waals surface area contributed by atoms with Crippen LogP contribution in [0.5, 0.6) is 0 Å². The summed E-state index contributed by atoms with van der Waals surface area (Å²) < 4.78 is 36.4. The Morgan fingerprint density at radius 2 is 0.636 bits per heavy atom. The maximum Gasteiger partial charge on any atom is 0.157 e. The van der Waals surface area contributed by atoms with E-state index in [0.717, 1.165) is 55.9 Å². The summed E-state index contributed by atoms with van der Waals surface area (Å²) >= 11 is 0. The summed E-state index contributed by atoms with van der Waals surface area (Å²) in [7, 11) is 0. The molecule has 2 aliphatic heterocycles. The van der Waals surface area contributed by atoms with Crippen molar-refractivity contribution in [3.05, 3.63) is 230 Å². The summed E-state index contributed by atoms with van der Waals surface area (Å²) in [5.74, 6) is -1.40. The molecule has 0 unspecified atom stereocenters. The highest BCUT2D eigenvalue weighted by molar-refractivity contribution is 6.01. The molecule has 0 saturated carbocycles. The molecular formula is C58H42F2N6. The van der Waals surface area contributed by atoms with Crippen LogP contribution >= 0.6 is 0 Å². The SMILES string of the molecule is Fc1c(N2C=NN(c3ccc(-c4ccccc4)cc3)C2)cc(N2C=NN(c3ccc(-c4ccccc4)cc3)C2)c(F)c1-c1c(-c2ccccc2)cc(-c2ccccc2)cc1-c1ccccc1. The van der Waals surface area contributed by atoms with Gasteiger partial charge < -0.3 is 9.80 Å². The van der Waals surface area contributed by atoms with Crippen LogP contribution in [0.2, 0.25) is 0 Å². The number of hydrazone groups is 2. The Labute approximate surface area is 382 Å². The van der Waals surface area contributed by atoms with Crippen molar-refractivity contribution in [2.75, 3.05) is 33.2 Å². The third kappa shape index (κ3) is 7.75. The van der Waals surface area contributed by atoms with Crippen molar-refractivity contribution < 1.29 is 8.78 Å². The first-order valence-electron chi connectivity index (χ1n) is 21.9. The van der Waals surface area contributed by atoms with Crippen molar-refractivity contribution in [1.82, 2.24) is 0 Å². The van der Waals surface area contributed by atoms with Crippen molar-refractivity contribution in [2.45, 2.75) is 0 Å². The molecule has 0 fully saturated rings. The summed E-state index contributed by atoms with van der Waals surface area (Å²) in [4.78, 5) is 3.48. The van der Waals surface area contributed by atoms with E-state index in [2.05, 4.69) is 60.7 Å². The predicted molar refractivity (Wildman–Crippen MR) is 268 cm³/mol. The third-order valence-corrected chi connectivity index (χ3v) is 12.2. The first-order valence-corrected chi connectivity index (χ1v) is 21.9. The Morgan fingerprint density at radius 1 is 0.318 bits per heavy atom. The number of rotatable bonds is 10. The van der Waals surface area contributed by atoms with Gasteiger partial charge in [-0.2, -0.15) is 10.2 Å². The molecule has 0 bridgehead atoms. The highest BCUT2D eigenvalue weighted by Crippen LogP contribution is 2.49. The molecule has 2 aliphatic rings. The van der Waals surface area contributed by atoms with Crippen LogP contribution in [-0.4, -0.2) is 26.0 Å². The zero-order chi connectivity index (χ0) is 44.4. The molecule has 8 heteroatoms. The zero-order valence-electron chi connectivity index (χ0n) is 35.8. The maximum absolute atomic E-state index is 18.2. The first-order chi connectivity index (χ1) is 32.6. The van der Waals surface area contributed by atoms with Crippen LogP contribution in [0, 0.1) is 11.6 Å². The van der Waals surface area contributed by atoms with Crippen LogP contribution in [0.4, 0.5) is 31.5 Å². The van der Waals surface area contributed by atoms with E-state index in [-0.39, 0.29) is 30.3 Å². The molecule has 0 spiro atoms. The smallest absolute Gasteiger partial charge is 0.157 e. The number of hydrogen-bond donors (Lipinski definition) is 0. The zero-order valence-corrected chi connectivity index (χ0v) is 35.8. The van der Waals surface area contributed by atoms with Crippen LogP contribution in [0.1, 0.15) is 0 Å². The summed E-state index contributed by atoms with van der Waals surface area (Å²) in [6.45, 7) is 0.397. The second-order valence-corrected chi connectivity index (χ2v) is 16.3. The predicted octanol–water partition coefficient (Wildman–Crippen LogP) is 14.4. The molecule has 318 valence electrons. The Balaban J connectivity index is 1.05. The molecule has 2 heterocycles. The first kappa shape index (κ1) is 40.2. The van der Waals surface area contributed by atoms with Gasteiger partial charge in [-0.1, -0.05) is 176 Å². The van der Waals surface area contributed by atoms with Gasteiger partial charge in [0.2, 0.25) is 0 Å². The molecule has 0 aliphatic carbocycles. The summed E-state index contributed by atoms with van der Waals surface area (Å²) in [6.07, 6.45) is 3.23. The number of hydrogen-bond acceptors (Lipinski definition) is 6. The lowest BCUT2D eigenvalue weighted by Crippen LogP contribution is -2.29. The molecule has 0 radical (unpaired) electrons. The number of anilines is 4. The molecule has 0 N–H and O–H groups in total. The van der Waals surface area contributed by atoms with E-state index in [4.69, 9.17) is 10.2 Å². The van der Waals surface area contributed by atoms with Crippen LogP contribution < -0.4 is 19.8 Å². The van der Waals surface area contributed by atoms with Gasteiger partial charge >= 0.3 is 0 Å². The van der Waals surface area contributed by atoms with E-state index >= 15 is 8.78 Å². The van der Waals surface area contributed by atoms with Crippen LogP contribution in [0.15, 0.2) is 229 Å². The Hall–Kier alpha value is -8.62. The standard InChI is InChI=1S/C58H42F2N6/c59-57-53(63-37-61-65(39-63)49-30-26-44(27-31-49)41-16-6-1-7-17-41)36-54(64-38-62-66(40-64)50-32-28-45(29-33-50)42-18-8-2-9-19-42)58(60)56(57)55-51(46-22-12-4-13-23-46)34-48(43-20-10-3-11-21-43)35-52(55)47-24-14-5-15-25-47/h1-38H,39-40H2. The lowest BCUT2D eigenvalue weighted by Gasteiger charge is -2.27. The minimum Gasteiger partial charge on any atom is -0.308 e. The normalized spacial score (nSPS) is 13.2. The molecule has 6 nitrogen and oxygen atoms in total. The van der Waals surface area contributed by atoms with Gasteiger partial charge in [-0.05, 0) is 98.1 Å². The molecular weight excluding hydrogens is 819 g/mol. The lowest BCUT2D eigenvalue weighted by atomic mass is 9.84. The van der Waals surface area contributed by atoms with Gasteiger partial charge in [0.15, 0.2) is 11.6 Å². The van der Waals surface area contributed by atoms with Crippen molar-refractivity contribution in [2.24, 2.45) is 10.2 Å². The van der Waals surface area contributed by atoms with Crippen LogP contribution in [0.25, 0.3) is 66.8 Å². The second-order valence-electron chi connectivity index (χ2n) is 16.3. The third-order valence-electron chi connectivity index (χ3n) is 12.2. The molecule has 0 amide bonds. The largest absolute Gasteiger partial charge is 0.308 e. The number of halogens is 2. The Morgan fingerprint density at radius 3 is 1.00 bits per heavy atom. The summed E-state index contributed by atoms with van der Waals surface area (Å²) in [5, 5.41) is 13.1. The van der Waals surface area contributed by atoms with Crippen molar-refractivity contribution in [3.63, 3.8) is 0 Å². The number of benzene rings is 9. The number of nitrogens with zero attached hydrogens (tertiary/aromatic N) is 6. The second kappa shape index (κ2) is 17.5. The summed E-state index contributed by atoms with van der Waals surface area (Å²) in [6, 6.07) is 72.1. The van der Waals surface area contributed by atoms with E-state index < -0.39 is 11.6 Å². The average Bonchev–Trinajstić information content (AvgIpc) is 4.10. The molecule has 0 saturated heterocycles. The van der Waals surface area contributed by atoms with Crippen LogP contribution in [-0.2, 0) is 0 Å². The molecule has 66 heavy (non-hydrogen) atoms. The molecule has 9 aromatic rings. The molecule has 0 atom stereocenters. The fourth-order valence-electron chi connectivity index (χ4n) is 8.82. The summed E-state index contributed by atoms with van der Waals surface area (Å²) in [5.41, 5.74) is 11.7. The van der Waals surface area contributed by atoms with Gasteiger partial charge in [0.05, 0.1) is 28.3 Å². The molecule has 9 aromatic carbocycles. The van der Waals surface area contributed by atoms with Gasteiger partial charge in [0, 0.05) is 5.56 Å².